The predicted molar refractivity (Wildman–Crippen MR) is 90.0 cm³/mol. The van der Waals surface area contributed by atoms with E-state index in [1.807, 2.05) is 0 Å². The highest BCUT2D eigenvalue weighted by molar-refractivity contribution is 9.10. The average Bonchev–Trinajstić information content (AvgIpc) is 2.45. The number of sulfone groups is 1. The topological polar surface area (TPSA) is 76.6 Å². The number of amides is 1. The minimum absolute atomic E-state index is 0.0718. The van der Waals surface area contributed by atoms with E-state index in [-0.39, 0.29) is 5.03 Å². The lowest BCUT2D eigenvalue weighted by atomic mass is 10.1. The molecule has 1 fully saturated rings. The van der Waals surface area contributed by atoms with Gasteiger partial charge in [0.2, 0.25) is 0 Å². The first-order valence-corrected chi connectivity index (χ1v) is 9.78. The molecule has 128 valence electrons. The van der Waals surface area contributed by atoms with E-state index >= 15 is 0 Å². The van der Waals surface area contributed by atoms with Crippen molar-refractivity contribution in [2.75, 3.05) is 13.1 Å². The van der Waals surface area contributed by atoms with Crippen molar-refractivity contribution < 1.29 is 17.9 Å². The molecule has 0 aromatic carbocycles. The second-order valence-electron chi connectivity index (χ2n) is 6.51. The Kier molecular flexibility index (Phi) is 5.35. The molecule has 2 rings (SSSR count). The summed E-state index contributed by atoms with van der Waals surface area (Å²) >= 11 is 3.19. The van der Waals surface area contributed by atoms with Crippen molar-refractivity contribution in [2.24, 2.45) is 0 Å². The zero-order valence-electron chi connectivity index (χ0n) is 13.5. The first-order chi connectivity index (χ1) is 10.6. The second kappa shape index (κ2) is 6.76. The van der Waals surface area contributed by atoms with Gasteiger partial charge in [-0.3, -0.25) is 0 Å². The molecule has 23 heavy (non-hydrogen) atoms. The molecule has 0 bridgehead atoms. The Bertz CT molecular complexity index is 677. The lowest BCUT2D eigenvalue weighted by Crippen LogP contribution is -2.44. The van der Waals surface area contributed by atoms with Crippen LogP contribution in [-0.2, 0) is 14.6 Å². The van der Waals surface area contributed by atoms with Gasteiger partial charge in [0.1, 0.15) is 10.2 Å². The molecule has 1 saturated heterocycles. The largest absolute Gasteiger partial charge is 0.444 e. The summed E-state index contributed by atoms with van der Waals surface area (Å²) in [6, 6.07) is 4.84. The number of nitrogens with zero attached hydrogens (tertiary/aromatic N) is 2. The predicted octanol–water partition coefficient (Wildman–Crippen LogP) is 3.02. The van der Waals surface area contributed by atoms with Crippen LogP contribution in [0.4, 0.5) is 4.79 Å². The molecule has 1 aliphatic rings. The van der Waals surface area contributed by atoms with Gasteiger partial charge in [0.15, 0.2) is 14.9 Å². The van der Waals surface area contributed by atoms with Crippen LogP contribution >= 0.6 is 15.9 Å². The molecule has 1 aromatic rings. The Morgan fingerprint density at radius 1 is 1.30 bits per heavy atom. The molecule has 1 aromatic heterocycles. The normalized spacial score (nSPS) is 17.1. The molecule has 1 amide bonds. The molecule has 0 unspecified atom stereocenters. The molecule has 0 aliphatic carbocycles. The van der Waals surface area contributed by atoms with E-state index in [0.717, 1.165) is 0 Å². The molecule has 6 nitrogen and oxygen atoms in total. The maximum atomic E-state index is 12.6. The number of hydrogen-bond acceptors (Lipinski definition) is 5. The van der Waals surface area contributed by atoms with Crippen molar-refractivity contribution in [3.05, 3.63) is 22.8 Å². The van der Waals surface area contributed by atoms with Crippen LogP contribution < -0.4 is 0 Å². The summed E-state index contributed by atoms with van der Waals surface area (Å²) in [4.78, 5) is 17.6. The standard InChI is InChI=1S/C15H21BrN2O4S/c1-15(2,3)22-14(19)18-9-7-11(8-10-18)23(20,21)13-6-4-5-12(16)17-13/h4-6,11H,7-10H2,1-3H3. The minimum atomic E-state index is -3.49. The van der Waals surface area contributed by atoms with Crippen LogP contribution in [-0.4, -0.2) is 48.3 Å². The van der Waals surface area contributed by atoms with Gasteiger partial charge in [0.25, 0.3) is 0 Å². The third-order valence-corrected chi connectivity index (χ3v) is 6.11. The van der Waals surface area contributed by atoms with E-state index in [9.17, 15) is 13.2 Å². The van der Waals surface area contributed by atoms with Crippen LogP contribution in [0.15, 0.2) is 27.8 Å². The highest BCUT2D eigenvalue weighted by Crippen LogP contribution is 2.25. The summed E-state index contributed by atoms with van der Waals surface area (Å²) in [5.41, 5.74) is -0.555. The van der Waals surface area contributed by atoms with Crippen molar-refractivity contribution in [3.63, 3.8) is 0 Å². The van der Waals surface area contributed by atoms with Crippen LogP contribution in [0.5, 0.6) is 0 Å². The monoisotopic (exact) mass is 404 g/mol. The summed E-state index contributed by atoms with van der Waals surface area (Å²) in [6.45, 7) is 6.16. The summed E-state index contributed by atoms with van der Waals surface area (Å²) in [6.07, 6.45) is 0.375. The van der Waals surface area contributed by atoms with Crippen molar-refractivity contribution >= 4 is 31.9 Å². The molecule has 0 saturated carbocycles. The van der Waals surface area contributed by atoms with Gasteiger partial charge < -0.3 is 9.64 Å². The number of hydrogen-bond donors (Lipinski definition) is 0. The van der Waals surface area contributed by atoms with Gasteiger partial charge in [0, 0.05) is 13.1 Å². The van der Waals surface area contributed by atoms with Crippen LogP contribution in [0.1, 0.15) is 33.6 Å². The minimum Gasteiger partial charge on any atom is -0.444 e. The average molecular weight is 405 g/mol. The van der Waals surface area contributed by atoms with Gasteiger partial charge >= 0.3 is 6.09 Å². The van der Waals surface area contributed by atoms with E-state index in [2.05, 4.69) is 20.9 Å². The fourth-order valence-corrected chi connectivity index (χ4v) is 4.52. The maximum absolute atomic E-state index is 12.6. The van der Waals surface area contributed by atoms with Gasteiger partial charge in [-0.05, 0) is 61.7 Å². The van der Waals surface area contributed by atoms with E-state index in [0.29, 0.717) is 30.5 Å². The number of pyridine rings is 1. The zero-order chi connectivity index (χ0) is 17.3. The highest BCUT2D eigenvalue weighted by Gasteiger charge is 2.34. The number of carbonyl (C=O) groups is 1. The Hall–Kier alpha value is -1.15. The smallest absolute Gasteiger partial charge is 0.410 e. The summed E-state index contributed by atoms with van der Waals surface area (Å²) < 4.78 is 31.1. The van der Waals surface area contributed by atoms with E-state index in [4.69, 9.17) is 4.74 Å². The van der Waals surface area contributed by atoms with Crippen molar-refractivity contribution in [1.29, 1.82) is 0 Å². The van der Waals surface area contributed by atoms with Crippen LogP contribution in [0.3, 0.4) is 0 Å². The fourth-order valence-electron chi connectivity index (χ4n) is 2.39. The Morgan fingerprint density at radius 2 is 1.91 bits per heavy atom. The van der Waals surface area contributed by atoms with Crippen LogP contribution in [0, 0.1) is 0 Å². The number of rotatable bonds is 2. The first-order valence-electron chi connectivity index (χ1n) is 7.44. The van der Waals surface area contributed by atoms with Gasteiger partial charge in [-0.25, -0.2) is 18.2 Å². The highest BCUT2D eigenvalue weighted by atomic mass is 79.9. The van der Waals surface area contributed by atoms with Gasteiger partial charge in [-0.1, -0.05) is 6.07 Å². The van der Waals surface area contributed by atoms with E-state index in [1.165, 1.54) is 6.07 Å². The number of ether oxygens (including phenoxy) is 1. The van der Waals surface area contributed by atoms with Gasteiger partial charge in [0.05, 0.1) is 5.25 Å². The molecule has 2 heterocycles. The lowest BCUT2D eigenvalue weighted by molar-refractivity contribution is 0.0217. The van der Waals surface area contributed by atoms with Crippen LogP contribution in [0.2, 0.25) is 0 Å². The molecule has 0 N–H and O–H groups in total. The first kappa shape index (κ1) is 18.2. The Morgan fingerprint density at radius 3 is 2.43 bits per heavy atom. The summed E-state index contributed by atoms with van der Waals surface area (Å²) in [7, 11) is -3.49. The molecule has 0 spiro atoms. The van der Waals surface area contributed by atoms with Crippen molar-refractivity contribution in [2.45, 2.75) is 49.5 Å². The molecule has 0 atom stereocenters. The second-order valence-corrected chi connectivity index (χ2v) is 9.50. The molecule has 8 heteroatoms. The molecule has 1 aliphatic heterocycles. The quantitative estimate of drug-likeness (QED) is 0.707. The van der Waals surface area contributed by atoms with Crippen molar-refractivity contribution in [3.8, 4) is 0 Å². The third kappa shape index (κ3) is 4.67. The third-order valence-electron chi connectivity index (χ3n) is 3.51. The maximum Gasteiger partial charge on any atom is 0.410 e. The summed E-state index contributed by atoms with van der Waals surface area (Å²) in [5.74, 6) is 0. The number of piperidine rings is 1. The van der Waals surface area contributed by atoms with Gasteiger partial charge in [-0.15, -0.1) is 0 Å². The number of carbonyl (C=O) groups excluding carboxylic acids is 1. The number of likely N-dealkylation sites (tertiary alicyclic amines) is 1. The van der Waals surface area contributed by atoms with E-state index < -0.39 is 26.8 Å². The fraction of sp³-hybridized carbons (Fsp3) is 0.600. The zero-order valence-corrected chi connectivity index (χ0v) is 15.9. The molecular formula is C15H21BrN2O4S. The van der Waals surface area contributed by atoms with Gasteiger partial charge in [-0.2, -0.15) is 0 Å². The summed E-state index contributed by atoms with van der Waals surface area (Å²) in [5, 5.41) is -0.453. The Labute approximate surface area is 145 Å². The molecule has 0 radical (unpaired) electrons. The van der Waals surface area contributed by atoms with E-state index in [1.54, 1.807) is 37.8 Å². The SMILES string of the molecule is CC(C)(C)OC(=O)N1CCC(S(=O)(=O)c2cccc(Br)n2)CC1. The number of halogens is 1. The number of aromatic nitrogens is 1. The lowest BCUT2D eigenvalue weighted by Gasteiger charge is -2.33. The van der Waals surface area contributed by atoms with Crippen molar-refractivity contribution in [1.82, 2.24) is 9.88 Å². The Balaban J connectivity index is 2.03. The van der Waals surface area contributed by atoms with Crippen LogP contribution in [0.25, 0.3) is 0 Å². The molecular weight excluding hydrogens is 384 g/mol.